The molecule has 1 aliphatic heterocycles. The Morgan fingerprint density at radius 2 is 2.00 bits per heavy atom. The van der Waals surface area contributed by atoms with Gasteiger partial charge in [0.1, 0.15) is 6.04 Å². The second-order valence-electron chi connectivity index (χ2n) is 5.94. The minimum Gasteiger partial charge on any atom is -0.481 e. The molecule has 1 fully saturated rings. The maximum absolute atomic E-state index is 10.9. The van der Waals surface area contributed by atoms with Crippen LogP contribution in [0.5, 0.6) is 0 Å². The average Bonchev–Trinajstić information content (AvgIpc) is 2.54. The molecular weight excluding hydrogens is 310 g/mol. The topological polar surface area (TPSA) is 125 Å². The third kappa shape index (κ3) is 8.50. The fourth-order valence-electron chi connectivity index (χ4n) is 2.25. The van der Waals surface area contributed by atoms with Crippen LogP contribution < -0.4 is 16.4 Å². The van der Waals surface area contributed by atoms with Crippen LogP contribution in [0.25, 0.3) is 0 Å². The van der Waals surface area contributed by atoms with E-state index in [2.05, 4.69) is 10.6 Å². The lowest BCUT2D eigenvalue weighted by molar-refractivity contribution is -0.139. The molecule has 0 bridgehead atoms. The maximum Gasteiger partial charge on any atom is 0.326 e. The van der Waals surface area contributed by atoms with Gasteiger partial charge in [0.2, 0.25) is 0 Å². The van der Waals surface area contributed by atoms with Crippen LogP contribution in [0.15, 0.2) is 24.3 Å². The Morgan fingerprint density at radius 3 is 2.42 bits per heavy atom. The van der Waals surface area contributed by atoms with Crippen LogP contribution in [0.1, 0.15) is 31.2 Å². The number of carboxylic acids is 2. The zero-order chi connectivity index (χ0) is 17.9. The first-order valence-electron chi connectivity index (χ1n) is 8.12. The summed E-state index contributed by atoms with van der Waals surface area (Å²) >= 11 is 0. The maximum atomic E-state index is 10.9. The lowest BCUT2D eigenvalue weighted by Crippen LogP contribution is -2.39. The minimum absolute atomic E-state index is 0.0541. The number of nitrogens with one attached hydrogen (secondary N) is 2. The SMILES string of the molecule is Cc1ccc(N[C@@H](CCC(=O)O)C(=O)O)cc1.N[C@@H]1CCCNC1. The molecule has 0 amide bonds. The molecular formula is C17H27N3O4. The van der Waals surface area contributed by atoms with E-state index in [0.717, 1.165) is 18.7 Å². The molecule has 0 aromatic heterocycles. The van der Waals surface area contributed by atoms with Gasteiger partial charge in [-0.25, -0.2) is 4.79 Å². The molecule has 2 rings (SSSR count). The van der Waals surface area contributed by atoms with Crippen molar-refractivity contribution >= 4 is 17.6 Å². The predicted octanol–water partition coefficient (Wildman–Crippen LogP) is 1.42. The standard InChI is InChI=1S/C12H15NO4.C5H12N2/c1-8-2-4-9(5-3-8)13-10(12(16)17)6-7-11(14)15;6-5-2-1-3-7-4-5/h2-5,10,13H,6-7H2,1H3,(H,14,15)(H,16,17);5,7H,1-4,6H2/t10-;5-/m01/s1. The van der Waals surface area contributed by atoms with Gasteiger partial charge in [0.25, 0.3) is 0 Å². The highest BCUT2D eigenvalue weighted by Gasteiger charge is 2.18. The van der Waals surface area contributed by atoms with E-state index in [1.165, 1.54) is 12.8 Å². The molecule has 7 heteroatoms. The number of hydrogen-bond donors (Lipinski definition) is 5. The summed E-state index contributed by atoms with van der Waals surface area (Å²) < 4.78 is 0. The van der Waals surface area contributed by atoms with Gasteiger partial charge in [0.15, 0.2) is 0 Å². The zero-order valence-electron chi connectivity index (χ0n) is 14.0. The van der Waals surface area contributed by atoms with Crippen LogP contribution >= 0.6 is 0 Å². The summed E-state index contributed by atoms with van der Waals surface area (Å²) in [6.07, 6.45) is 2.34. The number of carboxylic acid groups (broad SMARTS) is 2. The van der Waals surface area contributed by atoms with E-state index in [-0.39, 0.29) is 12.8 Å². The number of nitrogens with two attached hydrogens (primary N) is 1. The predicted molar refractivity (Wildman–Crippen MR) is 93.2 cm³/mol. The van der Waals surface area contributed by atoms with Gasteiger partial charge in [-0.2, -0.15) is 0 Å². The number of hydrogen-bond acceptors (Lipinski definition) is 5. The highest BCUT2D eigenvalue weighted by molar-refractivity contribution is 5.78. The van der Waals surface area contributed by atoms with E-state index >= 15 is 0 Å². The Morgan fingerprint density at radius 1 is 1.33 bits per heavy atom. The van der Waals surface area contributed by atoms with Gasteiger partial charge in [-0.05, 0) is 44.9 Å². The number of piperidine rings is 1. The summed E-state index contributed by atoms with van der Waals surface area (Å²) in [7, 11) is 0. The molecule has 0 aliphatic carbocycles. The van der Waals surface area contributed by atoms with Crippen molar-refractivity contribution in [2.45, 2.75) is 44.7 Å². The molecule has 134 valence electrons. The fraction of sp³-hybridized carbons (Fsp3) is 0.529. The zero-order valence-corrected chi connectivity index (χ0v) is 14.0. The molecule has 0 radical (unpaired) electrons. The lowest BCUT2D eigenvalue weighted by atomic mass is 10.1. The molecule has 0 unspecified atom stereocenters. The van der Waals surface area contributed by atoms with Crippen LogP contribution in [0.3, 0.4) is 0 Å². The van der Waals surface area contributed by atoms with Crippen molar-refractivity contribution in [1.29, 1.82) is 0 Å². The van der Waals surface area contributed by atoms with Crippen molar-refractivity contribution in [3.8, 4) is 0 Å². The van der Waals surface area contributed by atoms with Crippen molar-refractivity contribution in [2.24, 2.45) is 5.73 Å². The molecule has 7 nitrogen and oxygen atoms in total. The Balaban J connectivity index is 0.000000341. The van der Waals surface area contributed by atoms with Gasteiger partial charge in [0.05, 0.1) is 0 Å². The number of rotatable bonds is 6. The summed E-state index contributed by atoms with van der Waals surface area (Å²) in [6, 6.07) is 6.80. The van der Waals surface area contributed by atoms with Crippen molar-refractivity contribution in [2.75, 3.05) is 18.4 Å². The van der Waals surface area contributed by atoms with Crippen LogP contribution in [0, 0.1) is 6.92 Å². The van der Waals surface area contributed by atoms with E-state index in [9.17, 15) is 9.59 Å². The highest BCUT2D eigenvalue weighted by Crippen LogP contribution is 2.12. The van der Waals surface area contributed by atoms with Gasteiger partial charge >= 0.3 is 11.9 Å². The summed E-state index contributed by atoms with van der Waals surface area (Å²) in [6.45, 7) is 4.11. The van der Waals surface area contributed by atoms with E-state index in [1.807, 2.05) is 19.1 Å². The second kappa shape index (κ2) is 10.6. The molecule has 24 heavy (non-hydrogen) atoms. The molecule has 1 aliphatic rings. The number of carbonyl (C=O) groups is 2. The van der Waals surface area contributed by atoms with Gasteiger partial charge in [-0.1, -0.05) is 17.7 Å². The number of benzene rings is 1. The van der Waals surface area contributed by atoms with E-state index in [0.29, 0.717) is 11.7 Å². The molecule has 0 saturated carbocycles. The van der Waals surface area contributed by atoms with Crippen LogP contribution in [0.4, 0.5) is 5.69 Å². The van der Waals surface area contributed by atoms with Crippen molar-refractivity contribution in [3.63, 3.8) is 0 Å². The van der Waals surface area contributed by atoms with E-state index in [4.69, 9.17) is 15.9 Å². The van der Waals surface area contributed by atoms with Gasteiger partial charge < -0.3 is 26.6 Å². The van der Waals surface area contributed by atoms with Crippen LogP contribution in [0.2, 0.25) is 0 Å². The molecule has 1 aromatic rings. The normalized spacial score (nSPS) is 18.0. The van der Waals surface area contributed by atoms with Crippen LogP contribution in [-0.2, 0) is 9.59 Å². The van der Waals surface area contributed by atoms with Crippen molar-refractivity contribution < 1.29 is 19.8 Å². The Kier molecular flexibility index (Phi) is 8.81. The van der Waals surface area contributed by atoms with Crippen LogP contribution in [-0.4, -0.2) is 47.3 Å². The number of aryl methyl sites for hydroxylation is 1. The Labute approximate surface area is 142 Å². The molecule has 1 heterocycles. The molecule has 1 aromatic carbocycles. The first-order valence-corrected chi connectivity index (χ1v) is 8.12. The number of aliphatic carboxylic acids is 2. The third-order valence-electron chi connectivity index (χ3n) is 3.67. The largest absolute Gasteiger partial charge is 0.481 e. The lowest BCUT2D eigenvalue weighted by Gasteiger charge is -2.17. The smallest absolute Gasteiger partial charge is 0.326 e. The first-order chi connectivity index (χ1) is 11.4. The Bertz CT molecular complexity index is 513. The average molecular weight is 337 g/mol. The molecule has 2 atom stereocenters. The minimum atomic E-state index is -1.05. The highest BCUT2D eigenvalue weighted by atomic mass is 16.4. The summed E-state index contributed by atoms with van der Waals surface area (Å²) in [5, 5.41) is 23.5. The first kappa shape index (κ1) is 19.9. The van der Waals surface area contributed by atoms with Gasteiger partial charge in [-0.3, -0.25) is 4.79 Å². The van der Waals surface area contributed by atoms with Crippen molar-refractivity contribution in [3.05, 3.63) is 29.8 Å². The molecule has 6 N–H and O–H groups in total. The summed E-state index contributed by atoms with van der Waals surface area (Å²) in [4.78, 5) is 21.3. The van der Waals surface area contributed by atoms with Gasteiger partial charge in [-0.15, -0.1) is 0 Å². The second-order valence-corrected chi connectivity index (χ2v) is 5.94. The van der Waals surface area contributed by atoms with E-state index < -0.39 is 18.0 Å². The van der Waals surface area contributed by atoms with E-state index in [1.54, 1.807) is 12.1 Å². The molecule has 1 saturated heterocycles. The van der Waals surface area contributed by atoms with Crippen molar-refractivity contribution in [1.82, 2.24) is 5.32 Å². The monoisotopic (exact) mass is 337 g/mol. The van der Waals surface area contributed by atoms with Gasteiger partial charge in [0, 0.05) is 24.7 Å². The quantitative estimate of drug-likeness (QED) is 0.531. The Hall–Kier alpha value is -2.12. The third-order valence-corrected chi connectivity index (χ3v) is 3.67. The fourth-order valence-corrected chi connectivity index (χ4v) is 2.25. The number of anilines is 1. The summed E-state index contributed by atoms with van der Waals surface area (Å²) in [5.41, 5.74) is 7.32. The molecule has 0 spiro atoms. The summed E-state index contributed by atoms with van der Waals surface area (Å²) in [5.74, 6) is -2.05.